The van der Waals surface area contributed by atoms with Crippen molar-refractivity contribution in [2.24, 2.45) is 0 Å². The summed E-state index contributed by atoms with van der Waals surface area (Å²) in [7, 11) is 0. The molecule has 1 fully saturated rings. The molecule has 8 unspecified atom stereocenters. The first kappa shape index (κ1) is 73.1. The van der Waals surface area contributed by atoms with Gasteiger partial charge < -0.3 is 45.1 Å². The van der Waals surface area contributed by atoms with Gasteiger partial charge in [-0.25, -0.2) is 0 Å². The fourth-order valence-electron chi connectivity index (χ4n) is 8.90. The zero-order valence-corrected chi connectivity index (χ0v) is 49.7. The lowest BCUT2D eigenvalue weighted by Crippen LogP contribution is -2.61. The summed E-state index contributed by atoms with van der Waals surface area (Å²) < 4.78 is 17.5. The number of amides is 1. The van der Waals surface area contributed by atoms with E-state index in [9.17, 15) is 35.1 Å². The minimum Gasteiger partial charge on any atom is -0.454 e. The highest BCUT2D eigenvalue weighted by Gasteiger charge is 2.47. The zero-order chi connectivity index (χ0) is 57.5. The molecule has 0 radical (unpaired) electrons. The summed E-state index contributed by atoms with van der Waals surface area (Å²) in [5, 5.41) is 57.0. The van der Waals surface area contributed by atoms with Crippen LogP contribution in [0.5, 0.6) is 0 Å². The molecule has 450 valence electrons. The number of hydrogen-bond acceptors (Lipinski definition) is 10. The Morgan fingerprint density at radius 3 is 1.39 bits per heavy atom. The van der Waals surface area contributed by atoms with Crippen LogP contribution in [0.15, 0.2) is 122 Å². The van der Waals surface area contributed by atoms with E-state index in [2.05, 4.69) is 123 Å². The van der Waals surface area contributed by atoms with Gasteiger partial charge in [0.15, 0.2) is 12.4 Å². The van der Waals surface area contributed by atoms with Gasteiger partial charge >= 0.3 is 5.97 Å². The van der Waals surface area contributed by atoms with Gasteiger partial charge in [0.05, 0.1) is 25.4 Å². The fraction of sp³-hybridized carbons (Fsp3) is 0.676. The summed E-state index contributed by atoms with van der Waals surface area (Å²) in [6.45, 7) is 5.59. The van der Waals surface area contributed by atoms with E-state index in [-0.39, 0.29) is 19.4 Å². The number of rotatable bonds is 51. The standard InChI is InChI=1S/C68H113NO10/c1-4-7-10-13-16-19-22-25-27-29-30-31-33-34-37-40-43-46-49-52-55-61(72)67(76)69-59(60(71)54-51-48-45-42-39-36-24-21-18-15-12-9-6-3)58-77-68-66(65(75)64(74)62(57-70)78-68)79-63(73)56-53-50-47-44-41-38-35-32-28-26-23-20-17-14-11-8-5-2/h8,11,16-17,19-20,25-28,30-31,34-35,37-38,44,47,51,54,59-62,64-66,68,70-72,74-75H,4-7,9-10,12-15,18,21-24,29,32-33,36,39-43,45-46,48-50,52-53,55-58H2,1-3H3,(H,69,76)/b11-8-,19-16-,20-17-,27-25-,28-26-,31-30-,37-34-,38-35-,47-44-,54-51+. The lowest BCUT2D eigenvalue weighted by atomic mass is 9.99. The van der Waals surface area contributed by atoms with Crippen LogP contribution >= 0.6 is 0 Å². The predicted molar refractivity (Wildman–Crippen MR) is 328 cm³/mol. The van der Waals surface area contributed by atoms with E-state index in [1.807, 2.05) is 18.2 Å². The summed E-state index contributed by atoms with van der Waals surface area (Å²) in [5.41, 5.74) is 0. The second-order valence-electron chi connectivity index (χ2n) is 21.0. The molecule has 8 atom stereocenters. The van der Waals surface area contributed by atoms with Crippen LogP contribution in [-0.2, 0) is 23.8 Å². The minimum absolute atomic E-state index is 0.0361. The van der Waals surface area contributed by atoms with E-state index in [4.69, 9.17) is 14.2 Å². The van der Waals surface area contributed by atoms with Gasteiger partial charge in [-0.2, -0.15) is 0 Å². The van der Waals surface area contributed by atoms with Gasteiger partial charge in [-0.05, 0) is 109 Å². The van der Waals surface area contributed by atoms with Gasteiger partial charge in [0.2, 0.25) is 5.91 Å². The number of ether oxygens (including phenoxy) is 3. The Hall–Kier alpha value is -3.94. The molecule has 0 aromatic carbocycles. The molecule has 0 aromatic rings. The van der Waals surface area contributed by atoms with Gasteiger partial charge in [0.25, 0.3) is 0 Å². The van der Waals surface area contributed by atoms with Crippen molar-refractivity contribution < 1.29 is 49.3 Å². The summed E-state index contributed by atoms with van der Waals surface area (Å²) in [5.74, 6) is -1.28. The van der Waals surface area contributed by atoms with Gasteiger partial charge in [-0.1, -0.05) is 239 Å². The molecule has 1 aliphatic heterocycles. The number of aliphatic hydroxyl groups is 5. The largest absolute Gasteiger partial charge is 0.454 e. The van der Waals surface area contributed by atoms with E-state index in [1.54, 1.807) is 6.08 Å². The molecule has 0 saturated carbocycles. The fourth-order valence-corrected chi connectivity index (χ4v) is 8.90. The van der Waals surface area contributed by atoms with Crippen molar-refractivity contribution in [3.8, 4) is 0 Å². The SMILES string of the molecule is CC/C=C\C/C=C\C/C=C\C/C=C\C/C=C\CCCC(=O)OC1C(OCC(NC(=O)C(O)CCCCCC/C=C\C/C=C\C/C=C\C/C=C\CCCCC)C(O)/C=C/CCCCCCCCCCCCC)OC(CO)C(O)C1O. The molecule has 1 aliphatic rings. The highest BCUT2D eigenvalue weighted by molar-refractivity contribution is 5.80. The Balaban J connectivity index is 2.75. The molecule has 11 nitrogen and oxygen atoms in total. The van der Waals surface area contributed by atoms with Crippen LogP contribution < -0.4 is 5.32 Å². The highest BCUT2D eigenvalue weighted by Crippen LogP contribution is 2.26. The molecule has 1 amide bonds. The quantitative estimate of drug-likeness (QED) is 0.0195. The monoisotopic (exact) mass is 1100 g/mol. The minimum atomic E-state index is -1.65. The maximum Gasteiger partial charge on any atom is 0.306 e. The molecule has 79 heavy (non-hydrogen) atoms. The van der Waals surface area contributed by atoms with Crippen LogP contribution in [-0.4, -0.2) is 99.6 Å². The first-order chi connectivity index (χ1) is 38.7. The maximum absolute atomic E-state index is 13.4. The van der Waals surface area contributed by atoms with Crippen molar-refractivity contribution in [2.75, 3.05) is 13.2 Å². The van der Waals surface area contributed by atoms with E-state index >= 15 is 0 Å². The molecule has 0 spiro atoms. The summed E-state index contributed by atoms with van der Waals surface area (Å²) in [6, 6.07) is -1.05. The van der Waals surface area contributed by atoms with E-state index in [1.165, 1.54) is 77.0 Å². The first-order valence-corrected chi connectivity index (χ1v) is 31.3. The number of hydrogen-bond donors (Lipinski definition) is 6. The molecule has 6 N–H and O–H groups in total. The Morgan fingerprint density at radius 1 is 0.506 bits per heavy atom. The average Bonchev–Trinajstić information content (AvgIpc) is 3.49. The van der Waals surface area contributed by atoms with Crippen LogP contribution in [0, 0.1) is 0 Å². The van der Waals surface area contributed by atoms with Gasteiger partial charge in [-0.15, -0.1) is 0 Å². The highest BCUT2D eigenvalue weighted by atomic mass is 16.7. The van der Waals surface area contributed by atoms with Crippen molar-refractivity contribution in [3.05, 3.63) is 122 Å². The van der Waals surface area contributed by atoms with Crippen molar-refractivity contribution in [1.82, 2.24) is 5.32 Å². The average molecular weight is 1100 g/mol. The summed E-state index contributed by atoms with van der Waals surface area (Å²) in [6.07, 6.45) is 65.2. The number of carbonyl (C=O) groups is 2. The van der Waals surface area contributed by atoms with Crippen LogP contribution in [0.3, 0.4) is 0 Å². The number of aliphatic hydroxyl groups excluding tert-OH is 5. The second kappa shape index (κ2) is 54.6. The topological polar surface area (TPSA) is 175 Å². The molecule has 1 heterocycles. The Morgan fingerprint density at radius 2 is 0.911 bits per heavy atom. The Labute approximate surface area is 480 Å². The number of allylic oxidation sites excluding steroid dienone is 19. The third-order valence-corrected chi connectivity index (χ3v) is 13.8. The molecule has 11 heteroatoms. The van der Waals surface area contributed by atoms with Crippen molar-refractivity contribution in [2.45, 2.75) is 282 Å². The number of unbranched alkanes of at least 4 members (excludes halogenated alkanes) is 19. The third kappa shape index (κ3) is 42.6. The molecule has 1 saturated heterocycles. The maximum atomic E-state index is 13.4. The van der Waals surface area contributed by atoms with Crippen LogP contribution in [0.25, 0.3) is 0 Å². The third-order valence-electron chi connectivity index (χ3n) is 13.8. The lowest BCUT2D eigenvalue weighted by Gasteiger charge is -2.41. The molecule has 0 bridgehead atoms. The van der Waals surface area contributed by atoms with E-state index in [0.29, 0.717) is 19.3 Å². The van der Waals surface area contributed by atoms with Gasteiger partial charge in [0.1, 0.15) is 24.4 Å². The van der Waals surface area contributed by atoms with Crippen molar-refractivity contribution in [1.29, 1.82) is 0 Å². The molecular weight excluding hydrogens is 991 g/mol. The molecule has 1 rings (SSSR count). The van der Waals surface area contributed by atoms with Crippen LogP contribution in [0.4, 0.5) is 0 Å². The lowest BCUT2D eigenvalue weighted by molar-refractivity contribution is -0.305. The molecule has 0 aromatic heterocycles. The normalized spacial score (nSPS) is 19.7. The van der Waals surface area contributed by atoms with Gasteiger partial charge in [0, 0.05) is 6.42 Å². The Kier molecular flexibility index (Phi) is 50.5. The predicted octanol–water partition coefficient (Wildman–Crippen LogP) is 15.1. The number of carbonyl (C=O) groups excluding carboxylic acids is 2. The molecule has 0 aliphatic carbocycles. The van der Waals surface area contributed by atoms with E-state index < -0.39 is 67.4 Å². The number of esters is 1. The first-order valence-electron chi connectivity index (χ1n) is 31.3. The van der Waals surface area contributed by atoms with Crippen LogP contribution in [0.1, 0.15) is 233 Å². The number of nitrogens with one attached hydrogen (secondary N) is 1. The van der Waals surface area contributed by atoms with Crippen molar-refractivity contribution in [3.63, 3.8) is 0 Å². The zero-order valence-electron chi connectivity index (χ0n) is 49.7. The molecular formula is C68H113NO10. The smallest absolute Gasteiger partial charge is 0.306 e. The van der Waals surface area contributed by atoms with E-state index in [0.717, 1.165) is 103 Å². The van der Waals surface area contributed by atoms with Gasteiger partial charge in [-0.3, -0.25) is 9.59 Å². The van der Waals surface area contributed by atoms with Crippen LogP contribution in [0.2, 0.25) is 0 Å². The summed E-state index contributed by atoms with van der Waals surface area (Å²) >= 11 is 0. The van der Waals surface area contributed by atoms with Crippen molar-refractivity contribution >= 4 is 11.9 Å². The summed E-state index contributed by atoms with van der Waals surface area (Å²) in [4.78, 5) is 26.5. The second-order valence-corrected chi connectivity index (χ2v) is 21.0. The Bertz CT molecular complexity index is 1740.